The topological polar surface area (TPSA) is 59.4 Å². The molecule has 0 amide bonds. The molecule has 5 heteroatoms. The lowest BCUT2D eigenvalue weighted by molar-refractivity contribution is 0.488. The van der Waals surface area contributed by atoms with E-state index in [-0.39, 0.29) is 5.56 Å². The van der Waals surface area contributed by atoms with E-state index in [1.165, 1.54) is 10.6 Å². The average molecular weight is 331 g/mol. The van der Waals surface area contributed by atoms with Crippen LogP contribution >= 0.6 is 0 Å². The summed E-state index contributed by atoms with van der Waals surface area (Å²) in [5.41, 5.74) is 3.75. The highest BCUT2D eigenvalue weighted by molar-refractivity contribution is 5.75. The van der Waals surface area contributed by atoms with Crippen molar-refractivity contribution in [1.29, 1.82) is 0 Å². The van der Waals surface area contributed by atoms with Crippen molar-refractivity contribution in [3.05, 3.63) is 82.3 Å². The summed E-state index contributed by atoms with van der Waals surface area (Å²) in [6.45, 7) is 3.82. The van der Waals surface area contributed by atoms with E-state index in [4.69, 9.17) is 4.74 Å². The highest BCUT2D eigenvalue weighted by Gasteiger charge is 2.18. The summed E-state index contributed by atoms with van der Waals surface area (Å²) in [6, 6.07) is 19.0. The van der Waals surface area contributed by atoms with Crippen LogP contribution < -0.4 is 10.3 Å². The van der Waals surface area contributed by atoms with E-state index < -0.39 is 0 Å². The van der Waals surface area contributed by atoms with Gasteiger partial charge in [0.25, 0.3) is 5.56 Å². The molecule has 0 radical (unpaired) electrons. The second-order valence-electron chi connectivity index (χ2n) is 5.99. The van der Waals surface area contributed by atoms with Gasteiger partial charge in [-0.15, -0.1) is 0 Å². The highest BCUT2D eigenvalue weighted by atomic mass is 16.5. The first-order valence-corrected chi connectivity index (χ1v) is 8.04. The Morgan fingerprint density at radius 2 is 1.72 bits per heavy atom. The van der Waals surface area contributed by atoms with Crippen LogP contribution in [0.4, 0.5) is 0 Å². The fraction of sp³-hybridized carbons (Fsp3) is 0.100. The molecule has 4 aromatic rings. The monoisotopic (exact) mass is 331 g/mol. The third kappa shape index (κ3) is 2.80. The second-order valence-corrected chi connectivity index (χ2v) is 5.99. The van der Waals surface area contributed by atoms with Crippen LogP contribution in [0.5, 0.6) is 11.5 Å². The van der Waals surface area contributed by atoms with E-state index in [2.05, 4.69) is 10.1 Å². The number of nitrogens with zero attached hydrogens (tertiary/aromatic N) is 2. The van der Waals surface area contributed by atoms with Crippen LogP contribution in [0.2, 0.25) is 0 Å². The number of hydrogen-bond donors (Lipinski definition) is 1. The number of aryl methyl sites for hydroxylation is 2. The maximum Gasteiger partial charge on any atom is 0.273 e. The minimum Gasteiger partial charge on any atom is -0.451 e. The van der Waals surface area contributed by atoms with Crippen molar-refractivity contribution < 1.29 is 4.74 Å². The van der Waals surface area contributed by atoms with Crippen molar-refractivity contribution in [3.63, 3.8) is 0 Å². The Bertz CT molecular complexity index is 1090. The summed E-state index contributed by atoms with van der Waals surface area (Å²) in [5.74, 6) is 1.23. The molecule has 4 rings (SSSR count). The minimum atomic E-state index is -0.168. The zero-order valence-corrected chi connectivity index (χ0v) is 14.0. The number of benzene rings is 2. The highest BCUT2D eigenvalue weighted by Crippen LogP contribution is 2.35. The Hall–Kier alpha value is -3.34. The van der Waals surface area contributed by atoms with Gasteiger partial charge in [-0.1, -0.05) is 48.0 Å². The first kappa shape index (κ1) is 15.2. The Labute approximate surface area is 144 Å². The molecular formula is C20H17N3O2. The molecule has 0 spiro atoms. The van der Waals surface area contributed by atoms with Gasteiger partial charge in [0.05, 0.1) is 0 Å². The van der Waals surface area contributed by atoms with E-state index in [0.29, 0.717) is 22.8 Å². The Balaban J connectivity index is 1.95. The standard InChI is InChI=1S/C20H17N3O2/c1-13-8-10-16(11-9-13)25-19-18(15-6-4-3-5-7-15)22-23-17(24)12-14(2)21-20(19)23/h3-12,22H,1-2H3. The van der Waals surface area contributed by atoms with Crippen molar-refractivity contribution >= 4 is 5.65 Å². The molecular weight excluding hydrogens is 314 g/mol. The smallest absolute Gasteiger partial charge is 0.273 e. The van der Waals surface area contributed by atoms with Gasteiger partial charge in [-0.25, -0.2) is 4.98 Å². The number of aromatic amines is 1. The van der Waals surface area contributed by atoms with Gasteiger partial charge in [0, 0.05) is 17.3 Å². The van der Waals surface area contributed by atoms with Gasteiger partial charge in [0.15, 0.2) is 5.75 Å². The van der Waals surface area contributed by atoms with Crippen molar-refractivity contribution in [2.75, 3.05) is 0 Å². The lowest BCUT2D eigenvalue weighted by Crippen LogP contribution is -2.14. The number of nitrogens with one attached hydrogen (secondary N) is 1. The SMILES string of the molecule is Cc1ccc(Oc2c(-c3ccccc3)[nH]n3c(=O)cc(C)nc23)cc1. The van der Waals surface area contributed by atoms with E-state index in [1.807, 2.05) is 61.5 Å². The molecule has 0 fully saturated rings. The van der Waals surface area contributed by atoms with Crippen LogP contribution in [-0.2, 0) is 0 Å². The predicted molar refractivity (Wildman–Crippen MR) is 97.2 cm³/mol. The Morgan fingerprint density at radius 1 is 1.00 bits per heavy atom. The summed E-state index contributed by atoms with van der Waals surface area (Å²) in [5, 5.41) is 3.12. The Morgan fingerprint density at radius 3 is 2.44 bits per heavy atom. The first-order chi connectivity index (χ1) is 12.1. The average Bonchev–Trinajstić information content (AvgIpc) is 2.96. The van der Waals surface area contributed by atoms with Crippen molar-refractivity contribution in [2.45, 2.75) is 13.8 Å². The number of aromatic nitrogens is 3. The van der Waals surface area contributed by atoms with Gasteiger partial charge in [-0.3, -0.25) is 9.89 Å². The van der Waals surface area contributed by atoms with Crippen LogP contribution in [0.1, 0.15) is 11.3 Å². The lowest BCUT2D eigenvalue weighted by atomic mass is 10.1. The summed E-state index contributed by atoms with van der Waals surface area (Å²) in [6.07, 6.45) is 0. The molecule has 0 bridgehead atoms. The van der Waals surface area contributed by atoms with Crippen LogP contribution in [0.15, 0.2) is 65.5 Å². The molecule has 2 aromatic heterocycles. The van der Waals surface area contributed by atoms with Gasteiger partial charge in [0.1, 0.15) is 11.4 Å². The zero-order chi connectivity index (χ0) is 17.4. The number of H-pyrrole nitrogens is 1. The van der Waals surface area contributed by atoms with Gasteiger partial charge in [-0.2, -0.15) is 4.52 Å². The van der Waals surface area contributed by atoms with Gasteiger partial charge >= 0.3 is 0 Å². The summed E-state index contributed by atoms with van der Waals surface area (Å²) in [7, 11) is 0. The van der Waals surface area contributed by atoms with Crippen molar-refractivity contribution in [3.8, 4) is 22.8 Å². The summed E-state index contributed by atoms with van der Waals surface area (Å²) >= 11 is 0. The molecule has 0 aliphatic heterocycles. The Kier molecular flexibility index (Phi) is 3.61. The molecule has 5 nitrogen and oxygen atoms in total. The van der Waals surface area contributed by atoms with Gasteiger partial charge in [0.2, 0.25) is 5.65 Å². The van der Waals surface area contributed by atoms with Gasteiger partial charge < -0.3 is 4.74 Å². The molecule has 0 atom stereocenters. The zero-order valence-electron chi connectivity index (χ0n) is 14.0. The van der Waals surface area contributed by atoms with Crippen LogP contribution in [-0.4, -0.2) is 14.6 Å². The summed E-state index contributed by atoms with van der Waals surface area (Å²) < 4.78 is 7.54. The van der Waals surface area contributed by atoms with Gasteiger partial charge in [-0.05, 0) is 26.0 Å². The molecule has 0 saturated heterocycles. The van der Waals surface area contributed by atoms with E-state index >= 15 is 0 Å². The predicted octanol–water partition coefficient (Wildman–Crippen LogP) is 4.10. The number of rotatable bonds is 3. The van der Waals surface area contributed by atoms with E-state index in [0.717, 1.165) is 16.8 Å². The van der Waals surface area contributed by atoms with E-state index in [9.17, 15) is 4.79 Å². The van der Waals surface area contributed by atoms with E-state index in [1.54, 1.807) is 6.92 Å². The van der Waals surface area contributed by atoms with Crippen LogP contribution in [0.25, 0.3) is 16.9 Å². The number of hydrogen-bond acceptors (Lipinski definition) is 3. The lowest BCUT2D eigenvalue weighted by Gasteiger charge is -2.07. The first-order valence-electron chi connectivity index (χ1n) is 8.04. The third-order valence-electron chi connectivity index (χ3n) is 4.00. The quantitative estimate of drug-likeness (QED) is 0.615. The molecule has 0 aliphatic carbocycles. The van der Waals surface area contributed by atoms with Crippen LogP contribution in [0, 0.1) is 13.8 Å². The fourth-order valence-corrected chi connectivity index (χ4v) is 2.75. The number of ether oxygens (including phenoxy) is 1. The third-order valence-corrected chi connectivity index (χ3v) is 4.00. The largest absolute Gasteiger partial charge is 0.451 e. The fourth-order valence-electron chi connectivity index (χ4n) is 2.75. The van der Waals surface area contributed by atoms with Crippen molar-refractivity contribution in [2.24, 2.45) is 0 Å². The molecule has 0 unspecified atom stereocenters. The maximum absolute atomic E-state index is 12.3. The molecule has 0 saturated carbocycles. The minimum absolute atomic E-state index is 0.168. The molecule has 1 N–H and O–H groups in total. The maximum atomic E-state index is 12.3. The second kappa shape index (κ2) is 5.94. The molecule has 2 aromatic carbocycles. The summed E-state index contributed by atoms with van der Waals surface area (Å²) in [4.78, 5) is 16.8. The molecule has 0 aliphatic rings. The van der Waals surface area contributed by atoms with Crippen molar-refractivity contribution in [1.82, 2.24) is 14.6 Å². The normalized spacial score (nSPS) is 11.0. The molecule has 2 heterocycles. The molecule has 124 valence electrons. The number of fused-ring (bicyclic) bond motifs is 1. The van der Waals surface area contributed by atoms with Crippen LogP contribution in [0.3, 0.4) is 0 Å². The molecule has 25 heavy (non-hydrogen) atoms.